The van der Waals surface area contributed by atoms with Crippen LogP contribution in [0.25, 0.3) is 11.4 Å². The van der Waals surface area contributed by atoms with Crippen molar-refractivity contribution in [3.63, 3.8) is 0 Å². The van der Waals surface area contributed by atoms with Crippen molar-refractivity contribution in [2.24, 2.45) is 0 Å². The molecule has 1 saturated heterocycles. The zero-order valence-electron chi connectivity index (χ0n) is 12.4. The average Bonchev–Trinajstić information content (AvgIpc) is 2.98. The van der Waals surface area contributed by atoms with Gasteiger partial charge in [-0.25, -0.2) is 0 Å². The van der Waals surface area contributed by atoms with Gasteiger partial charge in [0.05, 0.1) is 6.10 Å². The van der Waals surface area contributed by atoms with Crippen molar-refractivity contribution in [3.8, 4) is 17.1 Å². The molecular weight excluding hydrogens is 268 g/mol. The minimum atomic E-state index is -0.0523. The fourth-order valence-corrected chi connectivity index (χ4v) is 2.37. The predicted molar refractivity (Wildman–Crippen MR) is 78.0 cm³/mol. The van der Waals surface area contributed by atoms with Gasteiger partial charge in [-0.1, -0.05) is 5.16 Å². The summed E-state index contributed by atoms with van der Waals surface area (Å²) in [6.45, 7) is 4.77. The van der Waals surface area contributed by atoms with E-state index in [0.717, 1.165) is 37.2 Å². The van der Waals surface area contributed by atoms with Crippen molar-refractivity contribution in [2.45, 2.75) is 45.3 Å². The lowest BCUT2D eigenvalue weighted by Crippen LogP contribution is -2.11. The van der Waals surface area contributed by atoms with Gasteiger partial charge in [-0.2, -0.15) is 4.98 Å². The first kappa shape index (κ1) is 14.1. The van der Waals surface area contributed by atoms with Gasteiger partial charge >= 0.3 is 0 Å². The van der Waals surface area contributed by atoms with E-state index in [-0.39, 0.29) is 12.2 Å². The van der Waals surface area contributed by atoms with Crippen LogP contribution >= 0.6 is 0 Å². The van der Waals surface area contributed by atoms with E-state index in [1.165, 1.54) is 0 Å². The molecular formula is C16H20N2O3. The van der Waals surface area contributed by atoms with Crippen LogP contribution in [0.1, 0.15) is 45.1 Å². The molecule has 21 heavy (non-hydrogen) atoms. The van der Waals surface area contributed by atoms with Crippen LogP contribution in [-0.4, -0.2) is 22.9 Å². The van der Waals surface area contributed by atoms with Crippen LogP contribution < -0.4 is 4.74 Å². The number of rotatable bonds is 4. The Morgan fingerprint density at radius 3 is 2.67 bits per heavy atom. The number of hydrogen-bond donors (Lipinski definition) is 0. The number of aromatic nitrogens is 2. The third-order valence-corrected chi connectivity index (χ3v) is 3.38. The summed E-state index contributed by atoms with van der Waals surface area (Å²) in [5.41, 5.74) is 0.914. The van der Waals surface area contributed by atoms with Crippen LogP contribution in [-0.2, 0) is 4.74 Å². The lowest BCUT2D eigenvalue weighted by atomic mass is 10.1. The molecule has 1 fully saturated rings. The Morgan fingerprint density at radius 1 is 1.19 bits per heavy atom. The van der Waals surface area contributed by atoms with Crippen molar-refractivity contribution in [1.82, 2.24) is 10.1 Å². The summed E-state index contributed by atoms with van der Waals surface area (Å²) in [4.78, 5) is 4.45. The van der Waals surface area contributed by atoms with E-state index < -0.39 is 0 Å². The highest BCUT2D eigenvalue weighted by Crippen LogP contribution is 2.28. The maximum Gasteiger partial charge on any atom is 0.256 e. The molecule has 1 aliphatic rings. The van der Waals surface area contributed by atoms with Gasteiger partial charge in [-0.15, -0.1) is 0 Å². The largest absolute Gasteiger partial charge is 0.491 e. The molecule has 2 heterocycles. The van der Waals surface area contributed by atoms with Crippen molar-refractivity contribution in [1.29, 1.82) is 0 Å². The zero-order chi connectivity index (χ0) is 14.7. The number of hydrogen-bond acceptors (Lipinski definition) is 5. The second kappa shape index (κ2) is 6.26. The maximum absolute atomic E-state index is 5.66. The molecule has 2 aromatic rings. The minimum absolute atomic E-state index is 0.0523. The second-order valence-corrected chi connectivity index (χ2v) is 5.50. The first-order valence-corrected chi connectivity index (χ1v) is 7.44. The van der Waals surface area contributed by atoms with Crippen LogP contribution in [0.5, 0.6) is 5.75 Å². The molecule has 112 valence electrons. The molecule has 0 N–H and O–H groups in total. The first-order chi connectivity index (χ1) is 10.2. The molecule has 1 unspecified atom stereocenters. The van der Waals surface area contributed by atoms with Crippen LogP contribution in [0, 0.1) is 0 Å². The van der Waals surface area contributed by atoms with Gasteiger partial charge in [0.2, 0.25) is 5.82 Å². The Balaban J connectivity index is 1.73. The molecule has 3 rings (SSSR count). The third kappa shape index (κ3) is 3.42. The Morgan fingerprint density at radius 2 is 2.00 bits per heavy atom. The highest BCUT2D eigenvalue weighted by Gasteiger charge is 2.22. The molecule has 0 radical (unpaired) electrons. The fourth-order valence-electron chi connectivity index (χ4n) is 2.37. The summed E-state index contributed by atoms with van der Waals surface area (Å²) < 4.78 is 16.6. The van der Waals surface area contributed by atoms with Gasteiger partial charge in [0.25, 0.3) is 5.89 Å². The van der Waals surface area contributed by atoms with E-state index in [1.54, 1.807) is 0 Å². The monoisotopic (exact) mass is 288 g/mol. The van der Waals surface area contributed by atoms with Gasteiger partial charge in [0.15, 0.2) is 0 Å². The summed E-state index contributed by atoms with van der Waals surface area (Å²) in [6.07, 6.45) is 3.31. The molecule has 5 heteroatoms. The Hall–Kier alpha value is -1.88. The smallest absolute Gasteiger partial charge is 0.256 e. The predicted octanol–water partition coefficient (Wildman–Crippen LogP) is 3.77. The molecule has 5 nitrogen and oxygen atoms in total. The third-order valence-electron chi connectivity index (χ3n) is 3.38. The van der Waals surface area contributed by atoms with Gasteiger partial charge in [0, 0.05) is 12.2 Å². The van der Waals surface area contributed by atoms with Gasteiger partial charge in [-0.3, -0.25) is 0 Å². The van der Waals surface area contributed by atoms with Crippen LogP contribution in [0.2, 0.25) is 0 Å². The second-order valence-electron chi connectivity index (χ2n) is 5.50. The van der Waals surface area contributed by atoms with E-state index in [4.69, 9.17) is 14.0 Å². The summed E-state index contributed by atoms with van der Waals surface area (Å²) in [5, 5.41) is 4.05. The first-order valence-electron chi connectivity index (χ1n) is 7.44. The molecule has 0 spiro atoms. The van der Waals surface area contributed by atoms with Gasteiger partial charge < -0.3 is 14.0 Å². The Labute approximate surface area is 124 Å². The summed E-state index contributed by atoms with van der Waals surface area (Å²) in [5.74, 6) is 2.01. The van der Waals surface area contributed by atoms with Crippen LogP contribution in [0.3, 0.4) is 0 Å². The molecule has 1 aromatic carbocycles. The highest BCUT2D eigenvalue weighted by atomic mass is 16.5. The molecule has 0 aliphatic carbocycles. The Bertz CT molecular complexity index is 571. The van der Waals surface area contributed by atoms with Crippen molar-refractivity contribution < 1.29 is 14.0 Å². The van der Waals surface area contributed by atoms with E-state index in [0.29, 0.717) is 11.7 Å². The highest BCUT2D eigenvalue weighted by molar-refractivity contribution is 5.55. The average molecular weight is 288 g/mol. The van der Waals surface area contributed by atoms with Gasteiger partial charge in [-0.05, 0) is 57.4 Å². The number of benzene rings is 1. The van der Waals surface area contributed by atoms with Crippen LogP contribution in [0.4, 0.5) is 0 Å². The molecule has 1 atom stereocenters. The molecule has 1 aromatic heterocycles. The summed E-state index contributed by atoms with van der Waals surface area (Å²) in [6, 6.07) is 7.72. The topological polar surface area (TPSA) is 57.4 Å². The number of ether oxygens (including phenoxy) is 2. The van der Waals surface area contributed by atoms with E-state index >= 15 is 0 Å². The lowest BCUT2D eigenvalue weighted by Gasteiger charge is -2.18. The summed E-state index contributed by atoms with van der Waals surface area (Å²) >= 11 is 0. The van der Waals surface area contributed by atoms with E-state index in [1.807, 2.05) is 38.1 Å². The zero-order valence-corrected chi connectivity index (χ0v) is 12.4. The number of nitrogens with zero attached hydrogens (tertiary/aromatic N) is 2. The molecule has 1 aliphatic heterocycles. The quantitative estimate of drug-likeness (QED) is 0.857. The lowest BCUT2D eigenvalue weighted by molar-refractivity contribution is -0.00459. The van der Waals surface area contributed by atoms with E-state index in [2.05, 4.69) is 10.1 Å². The van der Waals surface area contributed by atoms with E-state index in [9.17, 15) is 0 Å². The Kier molecular flexibility index (Phi) is 4.20. The molecule has 0 saturated carbocycles. The van der Waals surface area contributed by atoms with Crippen molar-refractivity contribution in [2.75, 3.05) is 6.61 Å². The SMILES string of the molecule is CC(C)Oc1ccc(-c2noc(C3CCCCO3)n2)cc1. The standard InChI is InChI=1S/C16H20N2O3/c1-11(2)20-13-8-6-12(7-9-13)15-17-16(21-18-15)14-5-3-4-10-19-14/h6-9,11,14H,3-5,10H2,1-2H3. The fraction of sp³-hybridized carbons (Fsp3) is 0.500. The molecule has 0 bridgehead atoms. The van der Waals surface area contributed by atoms with Crippen molar-refractivity contribution in [3.05, 3.63) is 30.2 Å². The van der Waals surface area contributed by atoms with Gasteiger partial charge in [0.1, 0.15) is 11.9 Å². The van der Waals surface area contributed by atoms with Crippen molar-refractivity contribution >= 4 is 0 Å². The maximum atomic E-state index is 5.66. The normalized spacial score (nSPS) is 18.9. The molecule has 0 amide bonds. The summed E-state index contributed by atoms with van der Waals surface area (Å²) in [7, 11) is 0. The minimum Gasteiger partial charge on any atom is -0.491 e. The van der Waals surface area contributed by atoms with Crippen LogP contribution in [0.15, 0.2) is 28.8 Å².